The van der Waals surface area contributed by atoms with Crippen molar-refractivity contribution >= 4 is 11.9 Å². The first-order valence-electron chi connectivity index (χ1n) is 6.92. The van der Waals surface area contributed by atoms with Crippen LogP contribution < -0.4 is 9.64 Å². The third-order valence-electron chi connectivity index (χ3n) is 3.07. The number of hydrogen-bond donors (Lipinski definition) is 0. The third kappa shape index (κ3) is 3.59. The molecule has 0 unspecified atom stereocenters. The van der Waals surface area contributed by atoms with E-state index in [0.29, 0.717) is 23.7 Å². The van der Waals surface area contributed by atoms with Gasteiger partial charge >= 0.3 is 6.01 Å². The van der Waals surface area contributed by atoms with Crippen LogP contribution >= 0.6 is 0 Å². The van der Waals surface area contributed by atoms with Crippen LogP contribution in [0, 0.1) is 6.92 Å². The molecule has 0 aliphatic carbocycles. The van der Waals surface area contributed by atoms with Gasteiger partial charge in [0.2, 0.25) is 0 Å². The summed E-state index contributed by atoms with van der Waals surface area (Å²) in [7, 11) is 1.59. The van der Waals surface area contributed by atoms with Gasteiger partial charge in [-0.1, -0.05) is 18.5 Å². The molecule has 0 aliphatic rings. The van der Waals surface area contributed by atoms with Crippen LogP contribution in [0.15, 0.2) is 28.8 Å². The lowest BCUT2D eigenvalue weighted by Crippen LogP contribution is -2.32. The van der Waals surface area contributed by atoms with Gasteiger partial charge in [-0.15, -0.1) is 0 Å². The Morgan fingerprint density at radius 2 is 2.05 bits per heavy atom. The topological polar surface area (TPSA) is 68.5 Å². The van der Waals surface area contributed by atoms with Crippen molar-refractivity contribution in [2.75, 3.05) is 18.6 Å². The Balaban J connectivity index is 2.24. The zero-order valence-electron chi connectivity index (χ0n) is 12.5. The highest BCUT2D eigenvalue weighted by Crippen LogP contribution is 2.18. The van der Waals surface area contributed by atoms with E-state index in [4.69, 9.17) is 9.26 Å². The molecule has 0 saturated carbocycles. The molecule has 1 aromatic heterocycles. The number of nitrogens with zero attached hydrogens (tertiary/aromatic N) is 3. The summed E-state index contributed by atoms with van der Waals surface area (Å²) < 4.78 is 10.2. The number of amides is 1. The van der Waals surface area contributed by atoms with Gasteiger partial charge in [-0.25, -0.2) is 0 Å². The highest BCUT2D eigenvalue weighted by Gasteiger charge is 2.22. The Morgan fingerprint density at radius 1 is 1.33 bits per heavy atom. The zero-order chi connectivity index (χ0) is 15.2. The predicted octanol–water partition coefficient (Wildman–Crippen LogP) is 2.83. The Kier molecular flexibility index (Phi) is 4.92. The number of anilines is 1. The standard InChI is InChI=1S/C15H19N3O3/c1-4-5-10-18(15-16-11(2)17-21-15)14(19)12-6-8-13(20-3)9-7-12/h6-9H,4-5,10H2,1-3H3. The molecule has 0 aliphatic heterocycles. The number of benzene rings is 1. The van der Waals surface area contributed by atoms with Crippen LogP contribution in [0.1, 0.15) is 35.9 Å². The molecule has 21 heavy (non-hydrogen) atoms. The fourth-order valence-corrected chi connectivity index (χ4v) is 1.89. The molecule has 112 valence electrons. The van der Waals surface area contributed by atoms with E-state index >= 15 is 0 Å². The first-order valence-corrected chi connectivity index (χ1v) is 6.92. The van der Waals surface area contributed by atoms with E-state index < -0.39 is 0 Å². The Bertz CT molecular complexity index is 592. The number of methoxy groups -OCH3 is 1. The highest BCUT2D eigenvalue weighted by molar-refractivity contribution is 6.04. The monoisotopic (exact) mass is 289 g/mol. The summed E-state index contributed by atoms with van der Waals surface area (Å²) >= 11 is 0. The lowest BCUT2D eigenvalue weighted by Gasteiger charge is -2.17. The first kappa shape index (κ1) is 15.0. The molecule has 0 fully saturated rings. The van der Waals surface area contributed by atoms with Crippen molar-refractivity contribution in [2.45, 2.75) is 26.7 Å². The summed E-state index contributed by atoms with van der Waals surface area (Å²) in [6.45, 7) is 4.33. The molecule has 6 heteroatoms. The van der Waals surface area contributed by atoms with Gasteiger partial charge < -0.3 is 9.26 Å². The Labute approximate surface area is 123 Å². The minimum atomic E-state index is -0.158. The molecule has 1 amide bonds. The van der Waals surface area contributed by atoms with E-state index in [9.17, 15) is 4.79 Å². The van der Waals surface area contributed by atoms with Gasteiger partial charge in [0.15, 0.2) is 5.82 Å². The molecule has 6 nitrogen and oxygen atoms in total. The quantitative estimate of drug-likeness (QED) is 0.818. The van der Waals surface area contributed by atoms with Gasteiger partial charge in [-0.05, 0) is 37.6 Å². The van der Waals surface area contributed by atoms with Gasteiger partial charge in [0.05, 0.1) is 7.11 Å². The van der Waals surface area contributed by atoms with Gasteiger partial charge in [-0.2, -0.15) is 4.98 Å². The second kappa shape index (κ2) is 6.88. The number of aryl methyl sites for hydroxylation is 1. The molecule has 1 heterocycles. The summed E-state index contributed by atoms with van der Waals surface area (Å²) in [6.07, 6.45) is 1.84. The SMILES string of the molecule is CCCCN(C(=O)c1ccc(OC)cc1)c1nc(C)no1. The van der Waals surface area contributed by atoms with Crippen LogP contribution in [-0.2, 0) is 0 Å². The lowest BCUT2D eigenvalue weighted by molar-refractivity contribution is 0.0979. The summed E-state index contributed by atoms with van der Waals surface area (Å²) in [4.78, 5) is 18.3. The molecule has 1 aromatic carbocycles. The van der Waals surface area contributed by atoms with Crippen molar-refractivity contribution < 1.29 is 14.1 Å². The van der Waals surface area contributed by atoms with Crippen LogP contribution in [0.3, 0.4) is 0 Å². The van der Waals surface area contributed by atoms with E-state index in [-0.39, 0.29) is 11.9 Å². The molecule has 2 rings (SSSR count). The second-order valence-corrected chi connectivity index (χ2v) is 4.66. The molecular formula is C15H19N3O3. The number of hydrogen-bond acceptors (Lipinski definition) is 5. The van der Waals surface area contributed by atoms with Crippen LogP contribution in [0.5, 0.6) is 5.75 Å². The number of unbranched alkanes of at least 4 members (excludes halogenated alkanes) is 1. The fourth-order valence-electron chi connectivity index (χ4n) is 1.89. The normalized spacial score (nSPS) is 10.4. The van der Waals surface area contributed by atoms with Crippen molar-refractivity contribution in [3.63, 3.8) is 0 Å². The maximum absolute atomic E-state index is 12.6. The van der Waals surface area contributed by atoms with Crippen LogP contribution in [0.4, 0.5) is 6.01 Å². The van der Waals surface area contributed by atoms with Crippen molar-refractivity contribution in [3.8, 4) is 5.75 Å². The van der Waals surface area contributed by atoms with Crippen LogP contribution in [-0.4, -0.2) is 29.7 Å². The van der Waals surface area contributed by atoms with Gasteiger partial charge in [0, 0.05) is 12.1 Å². The molecule has 0 spiro atoms. The average Bonchev–Trinajstić information content (AvgIpc) is 2.94. The molecule has 0 bridgehead atoms. The minimum absolute atomic E-state index is 0.158. The number of carbonyl (C=O) groups excluding carboxylic acids is 1. The number of ether oxygens (including phenoxy) is 1. The van der Waals surface area contributed by atoms with Crippen LogP contribution in [0.25, 0.3) is 0 Å². The lowest BCUT2D eigenvalue weighted by atomic mass is 10.2. The van der Waals surface area contributed by atoms with Gasteiger partial charge in [0.1, 0.15) is 5.75 Å². The summed E-state index contributed by atoms with van der Waals surface area (Å²) in [6, 6.07) is 7.20. The van der Waals surface area contributed by atoms with Crippen molar-refractivity contribution in [1.82, 2.24) is 10.1 Å². The third-order valence-corrected chi connectivity index (χ3v) is 3.07. The minimum Gasteiger partial charge on any atom is -0.497 e. The van der Waals surface area contributed by atoms with E-state index in [1.165, 1.54) is 4.90 Å². The molecule has 0 atom stereocenters. The van der Waals surface area contributed by atoms with Crippen molar-refractivity contribution in [2.24, 2.45) is 0 Å². The Hall–Kier alpha value is -2.37. The van der Waals surface area contributed by atoms with Crippen LogP contribution in [0.2, 0.25) is 0 Å². The zero-order valence-corrected chi connectivity index (χ0v) is 12.5. The first-order chi connectivity index (χ1) is 10.2. The molecular weight excluding hydrogens is 270 g/mol. The predicted molar refractivity (Wildman–Crippen MR) is 78.6 cm³/mol. The number of rotatable bonds is 6. The second-order valence-electron chi connectivity index (χ2n) is 4.66. The van der Waals surface area contributed by atoms with Crippen molar-refractivity contribution in [3.05, 3.63) is 35.7 Å². The largest absolute Gasteiger partial charge is 0.497 e. The smallest absolute Gasteiger partial charge is 0.331 e. The summed E-state index contributed by atoms with van der Waals surface area (Å²) in [5.41, 5.74) is 0.558. The average molecular weight is 289 g/mol. The van der Waals surface area contributed by atoms with E-state index in [1.54, 1.807) is 38.3 Å². The maximum atomic E-state index is 12.6. The van der Waals surface area contributed by atoms with E-state index in [2.05, 4.69) is 17.1 Å². The van der Waals surface area contributed by atoms with Gasteiger partial charge in [0.25, 0.3) is 5.91 Å². The molecule has 0 saturated heterocycles. The number of carbonyl (C=O) groups is 1. The molecule has 0 radical (unpaired) electrons. The maximum Gasteiger partial charge on any atom is 0.331 e. The number of aromatic nitrogens is 2. The molecule has 2 aromatic rings. The van der Waals surface area contributed by atoms with Crippen molar-refractivity contribution in [1.29, 1.82) is 0 Å². The van der Waals surface area contributed by atoms with E-state index in [0.717, 1.165) is 12.8 Å². The fraction of sp³-hybridized carbons (Fsp3) is 0.400. The van der Waals surface area contributed by atoms with Gasteiger partial charge in [-0.3, -0.25) is 9.69 Å². The Morgan fingerprint density at radius 3 is 2.57 bits per heavy atom. The molecule has 0 N–H and O–H groups in total. The van der Waals surface area contributed by atoms with E-state index in [1.807, 2.05) is 0 Å². The highest BCUT2D eigenvalue weighted by atomic mass is 16.5. The summed E-state index contributed by atoms with van der Waals surface area (Å²) in [5, 5.41) is 3.75. The summed E-state index contributed by atoms with van der Waals surface area (Å²) in [5.74, 6) is 1.06.